The zero-order valence-corrected chi connectivity index (χ0v) is 49.8. The largest absolute Gasteiger partial charge is 0.462 e. The Morgan fingerprint density at radius 1 is 0.280 bits per heavy atom. The third kappa shape index (κ3) is 61.6. The van der Waals surface area contributed by atoms with Crippen LogP contribution in [0.5, 0.6) is 0 Å². The fourth-order valence-corrected chi connectivity index (χ4v) is 9.35. The van der Waals surface area contributed by atoms with Gasteiger partial charge in [-0.1, -0.05) is 293 Å². The average molecular weight is 1050 g/mol. The first-order valence-corrected chi connectivity index (χ1v) is 32.4. The van der Waals surface area contributed by atoms with Crippen molar-refractivity contribution in [1.82, 2.24) is 0 Å². The first-order chi connectivity index (χ1) is 37.0. The Morgan fingerprint density at radius 2 is 0.520 bits per heavy atom. The summed E-state index contributed by atoms with van der Waals surface area (Å²) in [5.74, 6) is -0.892. The van der Waals surface area contributed by atoms with Gasteiger partial charge in [-0.15, -0.1) is 0 Å². The molecule has 0 heterocycles. The lowest BCUT2D eigenvalue weighted by Crippen LogP contribution is -2.30. The van der Waals surface area contributed by atoms with E-state index in [9.17, 15) is 14.4 Å². The summed E-state index contributed by atoms with van der Waals surface area (Å²) in [5.41, 5.74) is 0. The van der Waals surface area contributed by atoms with Crippen LogP contribution in [0.1, 0.15) is 329 Å². The molecule has 1 atom stereocenters. The number of unbranched alkanes of at least 4 members (excludes halogenated alkanes) is 36. The second-order valence-electron chi connectivity index (χ2n) is 21.6. The maximum absolute atomic E-state index is 12.9. The first-order valence-electron chi connectivity index (χ1n) is 32.4. The van der Waals surface area contributed by atoms with Crippen molar-refractivity contribution in [2.24, 2.45) is 0 Å². The summed E-state index contributed by atoms with van der Waals surface area (Å²) in [4.78, 5) is 38.3. The van der Waals surface area contributed by atoms with Crippen LogP contribution in [0.25, 0.3) is 0 Å². The van der Waals surface area contributed by atoms with Crippen LogP contribution >= 0.6 is 0 Å². The van der Waals surface area contributed by atoms with E-state index in [1.807, 2.05) is 0 Å². The average Bonchev–Trinajstić information content (AvgIpc) is 3.41. The lowest BCUT2D eigenvalue weighted by Gasteiger charge is -2.18. The zero-order valence-electron chi connectivity index (χ0n) is 49.8. The van der Waals surface area contributed by atoms with Gasteiger partial charge in [-0.25, -0.2) is 0 Å². The van der Waals surface area contributed by atoms with Crippen molar-refractivity contribution in [3.8, 4) is 0 Å². The molecule has 0 saturated heterocycles. The summed E-state index contributed by atoms with van der Waals surface area (Å²) >= 11 is 0. The van der Waals surface area contributed by atoms with E-state index in [-0.39, 0.29) is 31.1 Å². The van der Waals surface area contributed by atoms with E-state index in [2.05, 4.69) is 93.7 Å². The SMILES string of the molecule is CC/C=C\C/C=C\C/C=C\C/C=C\C/C=C\CCCCCCCC(=O)OCC(COC(=O)CCCCCCC/C=C\CCCCCCCC)OC(=O)CCCCCCCCCCCCCCCCCCCCCCC. The maximum atomic E-state index is 12.9. The van der Waals surface area contributed by atoms with E-state index >= 15 is 0 Å². The van der Waals surface area contributed by atoms with Crippen molar-refractivity contribution in [2.45, 2.75) is 335 Å². The van der Waals surface area contributed by atoms with Crippen LogP contribution in [-0.2, 0) is 28.6 Å². The molecule has 0 saturated carbocycles. The van der Waals surface area contributed by atoms with Crippen LogP contribution in [0.4, 0.5) is 0 Å². The molecule has 0 spiro atoms. The van der Waals surface area contributed by atoms with Gasteiger partial charge in [0.25, 0.3) is 0 Å². The minimum atomic E-state index is -0.787. The van der Waals surface area contributed by atoms with Gasteiger partial charge in [-0.05, 0) is 89.9 Å². The van der Waals surface area contributed by atoms with Crippen molar-refractivity contribution in [3.63, 3.8) is 0 Å². The normalized spacial score (nSPS) is 12.5. The van der Waals surface area contributed by atoms with Gasteiger partial charge in [-0.3, -0.25) is 14.4 Å². The minimum absolute atomic E-state index is 0.0832. The molecule has 6 heteroatoms. The number of hydrogen-bond acceptors (Lipinski definition) is 6. The smallest absolute Gasteiger partial charge is 0.306 e. The molecule has 0 bridgehead atoms. The minimum Gasteiger partial charge on any atom is -0.462 e. The lowest BCUT2D eigenvalue weighted by molar-refractivity contribution is -0.167. The lowest BCUT2D eigenvalue weighted by atomic mass is 10.0. The van der Waals surface area contributed by atoms with Gasteiger partial charge in [-0.2, -0.15) is 0 Å². The van der Waals surface area contributed by atoms with Crippen LogP contribution in [0.3, 0.4) is 0 Å². The zero-order chi connectivity index (χ0) is 54.3. The summed E-state index contributed by atoms with van der Waals surface area (Å²) in [5, 5.41) is 0. The number of carbonyl (C=O) groups excluding carboxylic acids is 3. The number of ether oxygens (including phenoxy) is 3. The Hall–Kier alpha value is -3.15. The summed E-state index contributed by atoms with van der Waals surface area (Å²) in [6.07, 6.45) is 81.9. The van der Waals surface area contributed by atoms with Gasteiger partial charge < -0.3 is 14.2 Å². The molecule has 0 aliphatic rings. The van der Waals surface area contributed by atoms with E-state index in [0.717, 1.165) is 116 Å². The van der Waals surface area contributed by atoms with Crippen molar-refractivity contribution in [1.29, 1.82) is 0 Å². The molecule has 0 fully saturated rings. The molecular formula is C69H122O6. The summed E-state index contributed by atoms with van der Waals surface area (Å²) in [6, 6.07) is 0. The second kappa shape index (κ2) is 63.4. The van der Waals surface area contributed by atoms with E-state index in [1.165, 1.54) is 173 Å². The molecule has 0 aliphatic heterocycles. The van der Waals surface area contributed by atoms with Gasteiger partial charge in [0.15, 0.2) is 6.10 Å². The number of esters is 3. The Bertz CT molecular complexity index is 1390. The van der Waals surface area contributed by atoms with Gasteiger partial charge in [0.2, 0.25) is 0 Å². The fourth-order valence-electron chi connectivity index (χ4n) is 9.35. The predicted molar refractivity (Wildman–Crippen MR) is 325 cm³/mol. The topological polar surface area (TPSA) is 78.9 Å². The van der Waals surface area contributed by atoms with E-state index in [1.54, 1.807) is 0 Å². The van der Waals surface area contributed by atoms with Gasteiger partial charge in [0.1, 0.15) is 13.2 Å². The van der Waals surface area contributed by atoms with Crippen molar-refractivity contribution in [2.75, 3.05) is 13.2 Å². The Kier molecular flexibility index (Phi) is 60.7. The highest BCUT2D eigenvalue weighted by Crippen LogP contribution is 2.17. The van der Waals surface area contributed by atoms with E-state index in [4.69, 9.17) is 14.2 Å². The molecular weight excluding hydrogens is 925 g/mol. The van der Waals surface area contributed by atoms with Crippen LogP contribution in [0, 0.1) is 0 Å². The van der Waals surface area contributed by atoms with E-state index < -0.39 is 6.10 Å². The van der Waals surface area contributed by atoms with E-state index in [0.29, 0.717) is 19.3 Å². The second-order valence-corrected chi connectivity index (χ2v) is 21.6. The highest BCUT2D eigenvalue weighted by molar-refractivity contribution is 5.71. The van der Waals surface area contributed by atoms with Crippen molar-refractivity contribution < 1.29 is 28.6 Å². The molecule has 0 aromatic heterocycles. The molecule has 0 radical (unpaired) electrons. The van der Waals surface area contributed by atoms with Gasteiger partial charge >= 0.3 is 17.9 Å². The highest BCUT2D eigenvalue weighted by Gasteiger charge is 2.19. The number of rotatable bonds is 59. The molecule has 0 aromatic carbocycles. The van der Waals surface area contributed by atoms with Crippen LogP contribution in [0.2, 0.25) is 0 Å². The maximum Gasteiger partial charge on any atom is 0.306 e. The molecule has 75 heavy (non-hydrogen) atoms. The molecule has 0 N–H and O–H groups in total. The molecule has 434 valence electrons. The quantitative estimate of drug-likeness (QED) is 0.0261. The third-order valence-corrected chi connectivity index (χ3v) is 14.2. The fraction of sp³-hybridized carbons (Fsp3) is 0.783. The van der Waals surface area contributed by atoms with Crippen molar-refractivity contribution in [3.05, 3.63) is 72.9 Å². The molecule has 1 unspecified atom stereocenters. The molecule has 0 aromatic rings. The van der Waals surface area contributed by atoms with Crippen LogP contribution in [0.15, 0.2) is 72.9 Å². The molecule has 0 aliphatic carbocycles. The highest BCUT2D eigenvalue weighted by atomic mass is 16.6. The Balaban J connectivity index is 4.38. The number of hydrogen-bond donors (Lipinski definition) is 0. The summed E-state index contributed by atoms with van der Waals surface area (Å²) in [6.45, 7) is 6.54. The number of carbonyl (C=O) groups is 3. The van der Waals surface area contributed by atoms with Crippen molar-refractivity contribution >= 4 is 17.9 Å². The number of allylic oxidation sites excluding steroid dienone is 12. The monoisotopic (exact) mass is 1050 g/mol. The molecule has 6 nitrogen and oxygen atoms in total. The Morgan fingerprint density at radius 3 is 0.827 bits per heavy atom. The van der Waals surface area contributed by atoms with Gasteiger partial charge in [0, 0.05) is 19.3 Å². The first kappa shape index (κ1) is 71.8. The summed E-state index contributed by atoms with van der Waals surface area (Å²) < 4.78 is 16.9. The Labute approximate surface area is 465 Å². The van der Waals surface area contributed by atoms with Crippen LogP contribution in [-0.4, -0.2) is 37.2 Å². The van der Waals surface area contributed by atoms with Gasteiger partial charge in [0.05, 0.1) is 0 Å². The summed E-state index contributed by atoms with van der Waals surface area (Å²) in [7, 11) is 0. The van der Waals surface area contributed by atoms with Crippen LogP contribution < -0.4 is 0 Å². The standard InChI is InChI=1S/C69H122O6/c1-4-7-10-13-16-19-22-25-28-30-32-34-36-38-41-44-47-50-53-56-59-62-68(71)74-65-66(64-73-67(70)61-58-55-52-49-46-43-40-27-24-21-18-15-12-9-6-3)75-69(72)63-60-57-54-51-48-45-42-39-37-35-33-31-29-26-23-20-17-14-11-8-5-2/h7,10,16,19,25,27-28,32,34,38,40-41,66H,4-6,8-9,11-15,17-18,20-24,26,29-31,33,35-37,39,42-65H2,1-3H3/b10-7-,19-16-,28-25-,34-32-,40-27-,41-38-. The predicted octanol–water partition coefficient (Wildman–Crippen LogP) is 22.1. The molecule has 0 rings (SSSR count). The third-order valence-electron chi connectivity index (χ3n) is 14.2. The molecule has 0 amide bonds.